The molecule has 0 amide bonds. The first-order valence-corrected chi connectivity index (χ1v) is 13.2. The van der Waals surface area contributed by atoms with Gasteiger partial charge in [0.15, 0.2) is 11.0 Å². The van der Waals surface area contributed by atoms with Crippen LogP contribution in [0.5, 0.6) is 0 Å². The molecule has 4 nitrogen and oxygen atoms in total. The first-order valence-electron chi connectivity index (χ1n) is 9.55. The number of thioether (sulfide) groups is 1. The Balaban J connectivity index is 1.54. The van der Waals surface area contributed by atoms with Crippen molar-refractivity contribution in [2.45, 2.75) is 22.4 Å². The molecule has 0 fully saturated rings. The Bertz CT molecular complexity index is 1170. The number of hydrogen-bond acceptors (Lipinski definition) is 4. The molecular weight excluding hydrogens is 514 g/mol. The quantitative estimate of drug-likeness (QED) is 0.246. The van der Waals surface area contributed by atoms with Crippen LogP contribution >= 0.6 is 39.3 Å². The molecule has 1 atom stereocenters. The minimum absolute atomic E-state index is 0.333. The van der Waals surface area contributed by atoms with Crippen molar-refractivity contribution < 1.29 is 4.21 Å². The minimum atomic E-state index is -1.10. The number of para-hydroxylation sites is 1. The Morgan fingerprint density at radius 2 is 1.55 bits per heavy atom. The molecule has 0 saturated heterocycles. The van der Waals surface area contributed by atoms with Gasteiger partial charge in [-0.15, -0.1) is 10.2 Å². The van der Waals surface area contributed by atoms with Crippen molar-refractivity contribution >= 4 is 50.1 Å². The second-order valence-electron chi connectivity index (χ2n) is 6.84. The molecule has 0 aliphatic carbocycles. The summed E-state index contributed by atoms with van der Waals surface area (Å²) in [5.41, 5.74) is 3.14. The van der Waals surface area contributed by atoms with Gasteiger partial charge in [-0.05, 0) is 47.5 Å². The Labute approximate surface area is 201 Å². The fraction of sp³-hybridized carbons (Fsp3) is 0.130. The molecule has 0 radical (unpaired) electrons. The third-order valence-electron chi connectivity index (χ3n) is 4.53. The lowest BCUT2D eigenvalue weighted by Gasteiger charge is -2.10. The molecule has 4 rings (SSSR count). The van der Waals surface area contributed by atoms with Crippen molar-refractivity contribution in [2.24, 2.45) is 0 Å². The molecule has 0 spiro atoms. The second kappa shape index (κ2) is 10.6. The fourth-order valence-corrected chi connectivity index (χ4v) is 5.47. The largest absolute Gasteiger partial charge is 0.273 e. The van der Waals surface area contributed by atoms with Crippen LogP contribution in [0, 0.1) is 0 Å². The zero-order valence-electron chi connectivity index (χ0n) is 16.4. The molecule has 31 heavy (non-hydrogen) atoms. The summed E-state index contributed by atoms with van der Waals surface area (Å²) in [6.45, 7) is 0. The number of nitrogens with zero attached hydrogens (tertiary/aromatic N) is 3. The van der Waals surface area contributed by atoms with Gasteiger partial charge in [-0.3, -0.25) is 8.78 Å². The smallest absolute Gasteiger partial charge is 0.196 e. The van der Waals surface area contributed by atoms with Crippen LogP contribution in [0.25, 0.3) is 5.69 Å². The van der Waals surface area contributed by atoms with E-state index in [1.807, 2.05) is 83.4 Å². The predicted molar refractivity (Wildman–Crippen MR) is 132 cm³/mol. The highest BCUT2D eigenvalue weighted by molar-refractivity contribution is 9.10. The lowest BCUT2D eigenvalue weighted by molar-refractivity contribution is 0.680. The summed E-state index contributed by atoms with van der Waals surface area (Å²) in [7, 11) is -1.10. The summed E-state index contributed by atoms with van der Waals surface area (Å²) in [6, 6.07) is 25.6. The van der Waals surface area contributed by atoms with Gasteiger partial charge in [-0.2, -0.15) is 0 Å². The van der Waals surface area contributed by atoms with Crippen molar-refractivity contribution in [1.29, 1.82) is 0 Å². The zero-order chi connectivity index (χ0) is 21.6. The zero-order valence-corrected chi connectivity index (χ0v) is 20.4. The van der Waals surface area contributed by atoms with Crippen LogP contribution in [-0.4, -0.2) is 19.0 Å². The summed E-state index contributed by atoms with van der Waals surface area (Å²) in [4.78, 5) is 0. The SMILES string of the molecule is O=S(Cc1ccc(Br)cc1)Cc1nnc(SCc2ccc(Cl)cc2)n1-c1ccccc1. The molecule has 0 saturated carbocycles. The predicted octanol–water partition coefficient (Wildman–Crippen LogP) is 6.42. The van der Waals surface area contributed by atoms with Crippen molar-refractivity contribution in [1.82, 2.24) is 14.8 Å². The van der Waals surface area contributed by atoms with Crippen LogP contribution in [0.2, 0.25) is 5.02 Å². The van der Waals surface area contributed by atoms with E-state index >= 15 is 0 Å². The standard InChI is InChI=1S/C23H19BrClN3OS2/c24-19-10-6-18(7-11-19)15-31(29)16-22-26-27-23(28(22)21-4-2-1-3-5-21)30-14-17-8-12-20(25)13-9-17/h1-13H,14-16H2. The molecule has 0 N–H and O–H groups in total. The van der Waals surface area contributed by atoms with E-state index in [0.717, 1.165) is 37.2 Å². The van der Waals surface area contributed by atoms with Crippen LogP contribution in [0.15, 0.2) is 88.5 Å². The average molecular weight is 533 g/mol. The van der Waals surface area contributed by atoms with Crippen molar-refractivity contribution in [2.75, 3.05) is 0 Å². The van der Waals surface area contributed by atoms with Gasteiger partial charge in [-0.25, -0.2) is 0 Å². The Morgan fingerprint density at radius 1 is 0.871 bits per heavy atom. The Kier molecular flexibility index (Phi) is 7.61. The maximum Gasteiger partial charge on any atom is 0.196 e. The summed E-state index contributed by atoms with van der Waals surface area (Å²) in [6.07, 6.45) is 0. The summed E-state index contributed by atoms with van der Waals surface area (Å²) >= 11 is 11.0. The van der Waals surface area contributed by atoms with Gasteiger partial charge in [0.05, 0.1) is 5.75 Å². The first-order chi connectivity index (χ1) is 15.1. The van der Waals surface area contributed by atoms with E-state index < -0.39 is 10.8 Å². The van der Waals surface area contributed by atoms with E-state index in [9.17, 15) is 4.21 Å². The van der Waals surface area contributed by atoms with E-state index in [4.69, 9.17) is 11.6 Å². The number of rotatable bonds is 8. The fourth-order valence-electron chi connectivity index (χ4n) is 3.01. The summed E-state index contributed by atoms with van der Waals surface area (Å²) in [5, 5.41) is 10.3. The number of benzene rings is 3. The molecule has 1 aromatic heterocycles. The van der Waals surface area contributed by atoms with E-state index in [2.05, 4.69) is 26.1 Å². The molecule has 4 aromatic rings. The third-order valence-corrected chi connectivity index (χ3v) is 7.54. The second-order valence-corrected chi connectivity index (χ2v) is 10.6. The maximum atomic E-state index is 12.9. The molecule has 158 valence electrons. The van der Waals surface area contributed by atoms with Crippen LogP contribution in [0.1, 0.15) is 17.0 Å². The maximum absolute atomic E-state index is 12.9. The van der Waals surface area contributed by atoms with E-state index in [1.165, 1.54) is 0 Å². The normalized spacial score (nSPS) is 12.1. The number of aromatic nitrogens is 3. The van der Waals surface area contributed by atoms with Crippen LogP contribution in [0.3, 0.4) is 0 Å². The van der Waals surface area contributed by atoms with Crippen molar-refractivity contribution in [3.63, 3.8) is 0 Å². The minimum Gasteiger partial charge on any atom is -0.273 e. The van der Waals surface area contributed by atoms with E-state index in [1.54, 1.807) is 11.8 Å². The van der Waals surface area contributed by atoms with E-state index in [-0.39, 0.29) is 0 Å². The number of hydrogen-bond donors (Lipinski definition) is 0. The van der Waals surface area contributed by atoms with Gasteiger partial charge >= 0.3 is 0 Å². The molecule has 1 unspecified atom stereocenters. The Hall–Kier alpha value is -1.93. The third kappa shape index (κ3) is 6.07. The van der Waals surface area contributed by atoms with Crippen molar-refractivity contribution in [3.8, 4) is 5.69 Å². The molecule has 0 bridgehead atoms. The highest BCUT2D eigenvalue weighted by Crippen LogP contribution is 2.26. The monoisotopic (exact) mass is 531 g/mol. The van der Waals surface area contributed by atoms with Gasteiger partial charge < -0.3 is 0 Å². The Morgan fingerprint density at radius 3 is 2.26 bits per heavy atom. The van der Waals surface area contributed by atoms with Crippen LogP contribution in [0.4, 0.5) is 0 Å². The molecule has 8 heteroatoms. The molecular formula is C23H19BrClN3OS2. The summed E-state index contributed by atoms with van der Waals surface area (Å²) < 4.78 is 15.9. The van der Waals surface area contributed by atoms with Crippen LogP contribution < -0.4 is 0 Å². The lowest BCUT2D eigenvalue weighted by atomic mass is 10.2. The van der Waals surface area contributed by atoms with E-state index in [0.29, 0.717) is 17.3 Å². The van der Waals surface area contributed by atoms with Gasteiger partial charge in [0, 0.05) is 37.5 Å². The lowest BCUT2D eigenvalue weighted by Crippen LogP contribution is -2.07. The number of halogens is 2. The molecule has 3 aromatic carbocycles. The van der Waals surface area contributed by atoms with Gasteiger partial charge in [0.2, 0.25) is 0 Å². The van der Waals surface area contributed by atoms with Gasteiger partial charge in [0.25, 0.3) is 0 Å². The van der Waals surface area contributed by atoms with Crippen molar-refractivity contribution in [3.05, 3.63) is 105 Å². The highest BCUT2D eigenvalue weighted by Gasteiger charge is 2.17. The molecule has 0 aliphatic heterocycles. The topological polar surface area (TPSA) is 47.8 Å². The first kappa shape index (κ1) is 22.3. The highest BCUT2D eigenvalue weighted by atomic mass is 79.9. The van der Waals surface area contributed by atoms with Crippen LogP contribution in [-0.2, 0) is 28.1 Å². The average Bonchev–Trinajstić information content (AvgIpc) is 3.17. The molecule has 0 aliphatic rings. The van der Waals surface area contributed by atoms with Gasteiger partial charge in [-0.1, -0.05) is 81.8 Å². The summed E-state index contributed by atoms with van der Waals surface area (Å²) in [5.74, 6) is 2.24. The van der Waals surface area contributed by atoms with Gasteiger partial charge in [0.1, 0.15) is 0 Å². The molecule has 1 heterocycles.